The predicted molar refractivity (Wildman–Crippen MR) is 72.0 cm³/mol. The lowest BCUT2D eigenvalue weighted by molar-refractivity contribution is -0.136. The van der Waals surface area contributed by atoms with Gasteiger partial charge >= 0.3 is 5.97 Å². The number of methoxy groups -OCH3 is 1. The highest BCUT2D eigenvalue weighted by Gasteiger charge is 2.25. The summed E-state index contributed by atoms with van der Waals surface area (Å²) in [6, 6.07) is 10.0. The van der Waals surface area contributed by atoms with Crippen LogP contribution in [0.3, 0.4) is 0 Å². The van der Waals surface area contributed by atoms with Crippen LogP contribution in [0.4, 0.5) is 0 Å². The lowest BCUT2D eigenvalue weighted by Gasteiger charge is -1.98. The summed E-state index contributed by atoms with van der Waals surface area (Å²) in [6.07, 6.45) is 2.65. The Labute approximate surface area is 108 Å². The van der Waals surface area contributed by atoms with E-state index in [-0.39, 0.29) is 12.1 Å². The van der Waals surface area contributed by atoms with Crippen molar-refractivity contribution in [3.63, 3.8) is 0 Å². The van der Waals surface area contributed by atoms with Crippen molar-refractivity contribution in [2.75, 3.05) is 13.7 Å². The standard InChI is InChI=1S/C8H8.C7H10O3/c1-2-8-6-4-3-5-7-8;1-5(7(8)9-2)3-6-4-10-6/h2-7H,1H2;6H,1,3-4H2,2H3. The van der Waals surface area contributed by atoms with E-state index in [4.69, 9.17) is 4.74 Å². The van der Waals surface area contributed by atoms with Gasteiger partial charge in [-0.3, -0.25) is 0 Å². The number of carbonyl (C=O) groups excluding carboxylic acids is 1. The molecule has 1 saturated heterocycles. The summed E-state index contributed by atoms with van der Waals surface area (Å²) in [5, 5.41) is 0. The first-order valence-electron chi connectivity index (χ1n) is 5.72. The number of hydrogen-bond acceptors (Lipinski definition) is 3. The minimum Gasteiger partial charge on any atom is -0.466 e. The second kappa shape index (κ2) is 7.45. The summed E-state index contributed by atoms with van der Waals surface area (Å²) in [7, 11) is 1.35. The van der Waals surface area contributed by atoms with Gasteiger partial charge in [0.15, 0.2) is 0 Å². The third kappa shape index (κ3) is 5.46. The molecule has 0 aliphatic carbocycles. The summed E-state index contributed by atoms with van der Waals surface area (Å²) < 4.78 is 9.35. The van der Waals surface area contributed by atoms with Gasteiger partial charge in [0.25, 0.3) is 0 Å². The van der Waals surface area contributed by atoms with Gasteiger partial charge in [-0.1, -0.05) is 49.6 Å². The molecule has 3 heteroatoms. The molecule has 0 aromatic heterocycles. The molecule has 1 aromatic rings. The van der Waals surface area contributed by atoms with Crippen LogP contribution in [0.5, 0.6) is 0 Å². The zero-order valence-electron chi connectivity index (χ0n) is 10.6. The average molecular weight is 246 g/mol. The van der Waals surface area contributed by atoms with Crippen LogP contribution in [0.15, 0.2) is 49.1 Å². The maximum atomic E-state index is 10.7. The zero-order valence-corrected chi connectivity index (χ0v) is 10.6. The molecule has 0 amide bonds. The van der Waals surface area contributed by atoms with Gasteiger partial charge in [-0.05, 0) is 5.56 Å². The largest absolute Gasteiger partial charge is 0.466 e. The Balaban J connectivity index is 0.000000184. The van der Waals surface area contributed by atoms with E-state index < -0.39 is 0 Å². The van der Waals surface area contributed by atoms with Crippen molar-refractivity contribution in [3.8, 4) is 0 Å². The molecule has 3 nitrogen and oxygen atoms in total. The van der Waals surface area contributed by atoms with E-state index in [1.165, 1.54) is 12.7 Å². The van der Waals surface area contributed by atoms with E-state index in [1.807, 2.05) is 36.4 Å². The van der Waals surface area contributed by atoms with Crippen molar-refractivity contribution >= 4 is 12.0 Å². The fraction of sp³-hybridized carbons (Fsp3) is 0.267. The van der Waals surface area contributed by atoms with Crippen molar-refractivity contribution in [2.45, 2.75) is 12.5 Å². The van der Waals surface area contributed by atoms with Gasteiger partial charge < -0.3 is 9.47 Å². The topological polar surface area (TPSA) is 38.8 Å². The molecule has 1 fully saturated rings. The lowest BCUT2D eigenvalue weighted by Crippen LogP contribution is -2.05. The van der Waals surface area contributed by atoms with Gasteiger partial charge in [-0.2, -0.15) is 0 Å². The number of rotatable bonds is 4. The Morgan fingerprint density at radius 2 is 2.11 bits per heavy atom. The van der Waals surface area contributed by atoms with Gasteiger partial charge in [0, 0.05) is 12.0 Å². The Kier molecular flexibility index (Phi) is 5.88. The van der Waals surface area contributed by atoms with Crippen molar-refractivity contribution in [2.24, 2.45) is 0 Å². The Hall–Kier alpha value is -1.87. The van der Waals surface area contributed by atoms with Crippen molar-refractivity contribution in [1.29, 1.82) is 0 Å². The number of hydrogen-bond donors (Lipinski definition) is 0. The maximum absolute atomic E-state index is 10.7. The Morgan fingerprint density at radius 3 is 2.50 bits per heavy atom. The molecule has 1 atom stereocenters. The third-order valence-electron chi connectivity index (χ3n) is 2.39. The highest BCUT2D eigenvalue weighted by molar-refractivity contribution is 5.87. The zero-order chi connectivity index (χ0) is 13.4. The first kappa shape index (κ1) is 14.2. The second-order valence-electron chi connectivity index (χ2n) is 3.87. The average Bonchev–Trinajstić information content (AvgIpc) is 3.23. The fourth-order valence-electron chi connectivity index (χ4n) is 1.28. The van der Waals surface area contributed by atoms with E-state index >= 15 is 0 Å². The first-order chi connectivity index (χ1) is 8.67. The van der Waals surface area contributed by atoms with Gasteiger partial charge in [0.2, 0.25) is 0 Å². The maximum Gasteiger partial charge on any atom is 0.333 e. The van der Waals surface area contributed by atoms with Crippen molar-refractivity contribution in [3.05, 3.63) is 54.6 Å². The normalized spacial score (nSPS) is 15.9. The van der Waals surface area contributed by atoms with Gasteiger partial charge in [-0.25, -0.2) is 4.79 Å². The summed E-state index contributed by atoms with van der Waals surface area (Å²) in [6.45, 7) is 7.93. The van der Waals surface area contributed by atoms with Crippen LogP contribution in [0.1, 0.15) is 12.0 Å². The van der Waals surface area contributed by atoms with Crippen LogP contribution < -0.4 is 0 Å². The van der Waals surface area contributed by atoms with E-state index in [2.05, 4.69) is 17.9 Å². The van der Waals surface area contributed by atoms with Gasteiger partial charge in [0.05, 0.1) is 19.8 Å². The molecule has 1 heterocycles. The highest BCUT2D eigenvalue weighted by atomic mass is 16.6. The lowest BCUT2D eigenvalue weighted by atomic mass is 10.2. The molecule has 18 heavy (non-hydrogen) atoms. The number of ether oxygens (including phenoxy) is 2. The molecule has 1 aliphatic heterocycles. The van der Waals surface area contributed by atoms with E-state index in [0.717, 1.165) is 6.61 Å². The second-order valence-corrected chi connectivity index (χ2v) is 3.87. The molecular weight excluding hydrogens is 228 g/mol. The minimum absolute atomic E-state index is 0.214. The number of epoxide rings is 1. The predicted octanol–water partition coefficient (Wildman–Crippen LogP) is 2.83. The number of benzene rings is 1. The molecule has 1 unspecified atom stereocenters. The molecule has 2 rings (SSSR count). The summed E-state index contributed by atoms with van der Waals surface area (Å²) >= 11 is 0. The van der Waals surface area contributed by atoms with Crippen LogP contribution in [-0.2, 0) is 14.3 Å². The first-order valence-corrected chi connectivity index (χ1v) is 5.72. The highest BCUT2D eigenvalue weighted by Crippen LogP contribution is 2.18. The smallest absolute Gasteiger partial charge is 0.333 e. The Bertz CT molecular complexity index is 405. The molecule has 0 bridgehead atoms. The fourth-order valence-corrected chi connectivity index (χ4v) is 1.28. The van der Waals surface area contributed by atoms with Crippen LogP contribution in [-0.4, -0.2) is 25.8 Å². The summed E-state index contributed by atoms with van der Waals surface area (Å²) in [5.74, 6) is -0.337. The molecular formula is C15H18O3. The van der Waals surface area contributed by atoms with Crippen LogP contribution in [0.25, 0.3) is 6.08 Å². The van der Waals surface area contributed by atoms with E-state index in [0.29, 0.717) is 12.0 Å². The van der Waals surface area contributed by atoms with Gasteiger partial charge in [0.1, 0.15) is 0 Å². The SMILES string of the molecule is C=C(CC1CO1)C(=O)OC.C=Cc1ccccc1. The van der Waals surface area contributed by atoms with Crippen LogP contribution in [0, 0.1) is 0 Å². The van der Waals surface area contributed by atoms with E-state index in [1.54, 1.807) is 0 Å². The molecule has 0 saturated carbocycles. The summed E-state index contributed by atoms with van der Waals surface area (Å²) in [5.41, 5.74) is 1.66. The number of esters is 1. The Morgan fingerprint density at radius 1 is 1.50 bits per heavy atom. The monoisotopic (exact) mass is 246 g/mol. The molecule has 1 aromatic carbocycles. The van der Waals surface area contributed by atoms with Crippen molar-refractivity contribution < 1.29 is 14.3 Å². The third-order valence-corrected chi connectivity index (χ3v) is 2.39. The van der Waals surface area contributed by atoms with Crippen molar-refractivity contribution in [1.82, 2.24) is 0 Å². The van der Waals surface area contributed by atoms with Crippen LogP contribution in [0.2, 0.25) is 0 Å². The molecule has 1 aliphatic rings. The molecule has 96 valence electrons. The van der Waals surface area contributed by atoms with Crippen LogP contribution >= 0.6 is 0 Å². The molecule has 0 spiro atoms. The van der Waals surface area contributed by atoms with Gasteiger partial charge in [-0.15, -0.1) is 0 Å². The molecule has 0 N–H and O–H groups in total. The quantitative estimate of drug-likeness (QED) is 0.466. The minimum atomic E-state index is -0.337. The number of carbonyl (C=O) groups is 1. The summed E-state index contributed by atoms with van der Waals surface area (Å²) in [4.78, 5) is 10.7. The molecule has 0 radical (unpaired) electrons. The van der Waals surface area contributed by atoms with E-state index in [9.17, 15) is 4.79 Å².